The maximum atomic E-state index is 11.1. The number of fused-ring (bicyclic) bond motifs is 1. The fraction of sp³-hybridized carbons (Fsp3) is 0.286. The Bertz CT molecular complexity index is 758. The molecule has 1 aliphatic rings. The van der Waals surface area contributed by atoms with E-state index in [9.17, 15) is 9.90 Å². The van der Waals surface area contributed by atoms with Crippen molar-refractivity contribution in [1.29, 1.82) is 0 Å². The smallest absolute Gasteiger partial charge is 0.547 e. The van der Waals surface area contributed by atoms with Crippen LogP contribution in [0, 0.1) is 0 Å². The third kappa shape index (κ3) is 5.45. The Hall–Kier alpha value is -1.59. The first-order chi connectivity index (χ1) is 12.2. The maximum absolute atomic E-state index is 11.1. The summed E-state index contributed by atoms with van der Waals surface area (Å²) in [4.78, 5) is 11.1. The largest absolute Gasteiger partial charge is 1.00 e. The Kier molecular flexibility index (Phi) is 7.91. The van der Waals surface area contributed by atoms with E-state index in [4.69, 9.17) is 9.47 Å². The molecule has 0 fully saturated rings. The van der Waals surface area contributed by atoms with E-state index in [0.29, 0.717) is 6.61 Å². The first-order valence-electron chi connectivity index (χ1n) is 8.50. The number of aliphatic carboxylic acids is 1. The maximum Gasteiger partial charge on any atom is 1.00 e. The van der Waals surface area contributed by atoms with Gasteiger partial charge >= 0.3 is 29.6 Å². The first-order valence-corrected chi connectivity index (χ1v) is 8.50. The van der Waals surface area contributed by atoms with Crippen LogP contribution in [0.3, 0.4) is 0 Å². The summed E-state index contributed by atoms with van der Waals surface area (Å²) in [6, 6.07) is 15.9. The van der Waals surface area contributed by atoms with Gasteiger partial charge in [-0.1, -0.05) is 42.5 Å². The van der Waals surface area contributed by atoms with Crippen molar-refractivity contribution >= 4 is 12.0 Å². The van der Waals surface area contributed by atoms with Gasteiger partial charge in [-0.15, -0.1) is 0 Å². The van der Waals surface area contributed by atoms with Crippen molar-refractivity contribution < 1.29 is 48.9 Å². The molecule has 5 heteroatoms. The van der Waals surface area contributed by atoms with Gasteiger partial charge in [-0.25, -0.2) is 0 Å². The second kappa shape index (κ2) is 9.93. The minimum atomic E-state index is -1.19. The van der Waals surface area contributed by atoms with Gasteiger partial charge in [0.1, 0.15) is 18.0 Å². The summed E-state index contributed by atoms with van der Waals surface area (Å²) in [7, 11) is 0. The van der Waals surface area contributed by atoms with Crippen molar-refractivity contribution in [3.05, 3.63) is 71.3 Å². The molecule has 0 N–H and O–H groups in total. The Morgan fingerprint density at radius 1 is 1.19 bits per heavy atom. The van der Waals surface area contributed by atoms with E-state index in [0.717, 1.165) is 23.3 Å². The summed E-state index contributed by atoms with van der Waals surface area (Å²) in [5.74, 6) is -0.372. The number of hydrogen-bond donors (Lipinski definition) is 0. The quantitative estimate of drug-likeness (QED) is 0.619. The molecule has 3 rings (SSSR count). The van der Waals surface area contributed by atoms with Crippen LogP contribution in [0.1, 0.15) is 23.6 Å². The molecule has 2 atom stereocenters. The number of carbonyl (C=O) groups excluding carboxylic acids is 1. The Labute approximate surface area is 176 Å². The number of rotatable bonds is 7. The number of carboxylic acids is 1. The molecule has 0 bridgehead atoms. The molecular formula is C21H21NaO4. The predicted molar refractivity (Wildman–Crippen MR) is 94.2 cm³/mol. The molecule has 4 nitrogen and oxygen atoms in total. The van der Waals surface area contributed by atoms with Gasteiger partial charge in [0.05, 0.1) is 5.97 Å². The first kappa shape index (κ1) is 20.7. The summed E-state index contributed by atoms with van der Waals surface area (Å²) >= 11 is 0. The van der Waals surface area contributed by atoms with Crippen LogP contribution in [0.2, 0.25) is 0 Å². The average molecular weight is 360 g/mol. The van der Waals surface area contributed by atoms with Crippen molar-refractivity contribution in [3.63, 3.8) is 0 Å². The van der Waals surface area contributed by atoms with E-state index in [2.05, 4.69) is 12.1 Å². The molecular weight excluding hydrogens is 339 g/mol. The molecule has 1 unspecified atom stereocenters. The second-order valence-corrected chi connectivity index (χ2v) is 6.04. The van der Waals surface area contributed by atoms with Crippen LogP contribution in [-0.4, -0.2) is 24.8 Å². The SMILES string of the molecule is CCOC(Cc1ccc2c(c1)C=C[C@@H](Cc1ccccc1)O2)C(=O)[O-].[Na+]. The average Bonchev–Trinajstić information content (AvgIpc) is 2.62. The molecule has 0 aromatic heterocycles. The zero-order valence-corrected chi connectivity index (χ0v) is 17.2. The number of benzene rings is 2. The van der Waals surface area contributed by atoms with Gasteiger partial charge in [0.15, 0.2) is 0 Å². The van der Waals surface area contributed by atoms with E-state index >= 15 is 0 Å². The fourth-order valence-electron chi connectivity index (χ4n) is 2.96. The number of carboxylic acid groups (broad SMARTS) is 1. The van der Waals surface area contributed by atoms with E-state index in [-0.39, 0.29) is 42.1 Å². The third-order valence-electron chi connectivity index (χ3n) is 4.17. The van der Waals surface area contributed by atoms with Gasteiger partial charge in [-0.2, -0.15) is 0 Å². The molecule has 130 valence electrons. The number of carbonyl (C=O) groups is 1. The van der Waals surface area contributed by atoms with E-state index in [1.807, 2.05) is 48.6 Å². The van der Waals surface area contributed by atoms with Crippen LogP contribution in [0.4, 0.5) is 0 Å². The van der Waals surface area contributed by atoms with Gasteiger partial charge in [0, 0.05) is 25.0 Å². The van der Waals surface area contributed by atoms with E-state index in [1.165, 1.54) is 5.56 Å². The molecule has 0 amide bonds. The Balaban J connectivity index is 0.00000243. The standard InChI is InChI=1S/C21H22O4.Na/c1-2-24-20(21(22)23)14-16-8-11-19-17(12-16)9-10-18(25-19)13-15-6-4-3-5-7-15;/h3-12,18,20H,2,13-14H2,1H3,(H,22,23);/q;+1/p-1/t18-,20?;/m0./s1. The van der Waals surface area contributed by atoms with Gasteiger partial charge in [-0.3, -0.25) is 0 Å². The molecule has 0 saturated heterocycles. The zero-order chi connectivity index (χ0) is 17.6. The minimum Gasteiger partial charge on any atom is -0.547 e. The number of hydrogen-bond acceptors (Lipinski definition) is 4. The van der Waals surface area contributed by atoms with Gasteiger partial charge in [0.25, 0.3) is 0 Å². The summed E-state index contributed by atoms with van der Waals surface area (Å²) in [6.45, 7) is 2.11. The van der Waals surface area contributed by atoms with Crippen LogP contribution in [0.25, 0.3) is 6.08 Å². The van der Waals surface area contributed by atoms with Crippen LogP contribution >= 0.6 is 0 Å². The normalized spacial score (nSPS) is 16.1. The third-order valence-corrected chi connectivity index (χ3v) is 4.17. The topological polar surface area (TPSA) is 58.6 Å². The molecule has 0 aliphatic carbocycles. The van der Waals surface area contributed by atoms with Gasteiger partial charge < -0.3 is 19.4 Å². The molecule has 1 heterocycles. The summed E-state index contributed by atoms with van der Waals surface area (Å²) < 4.78 is 11.3. The second-order valence-electron chi connectivity index (χ2n) is 6.04. The van der Waals surface area contributed by atoms with Crippen LogP contribution in [0.5, 0.6) is 5.75 Å². The number of ether oxygens (including phenoxy) is 2. The van der Waals surface area contributed by atoms with Crippen molar-refractivity contribution in [3.8, 4) is 5.75 Å². The van der Waals surface area contributed by atoms with Crippen molar-refractivity contribution in [2.75, 3.05) is 6.61 Å². The Morgan fingerprint density at radius 3 is 2.65 bits per heavy atom. The minimum absolute atomic E-state index is 0. The Morgan fingerprint density at radius 2 is 1.96 bits per heavy atom. The zero-order valence-electron chi connectivity index (χ0n) is 15.2. The van der Waals surface area contributed by atoms with E-state index < -0.39 is 12.1 Å². The van der Waals surface area contributed by atoms with Crippen LogP contribution in [-0.2, 0) is 22.4 Å². The monoisotopic (exact) mass is 360 g/mol. The van der Waals surface area contributed by atoms with Gasteiger partial charge in [0.2, 0.25) is 0 Å². The molecule has 26 heavy (non-hydrogen) atoms. The molecule has 2 aromatic rings. The van der Waals surface area contributed by atoms with Gasteiger partial charge in [-0.05, 0) is 36.3 Å². The fourth-order valence-corrected chi connectivity index (χ4v) is 2.96. The predicted octanol–water partition coefficient (Wildman–Crippen LogP) is -0.595. The summed E-state index contributed by atoms with van der Waals surface area (Å²) in [6.07, 6.45) is 4.24. The molecule has 0 radical (unpaired) electrons. The summed E-state index contributed by atoms with van der Waals surface area (Å²) in [5.41, 5.74) is 3.07. The molecule has 2 aromatic carbocycles. The van der Waals surface area contributed by atoms with Crippen molar-refractivity contribution in [1.82, 2.24) is 0 Å². The van der Waals surface area contributed by atoms with Crippen LogP contribution < -0.4 is 39.4 Å². The molecule has 0 saturated carbocycles. The van der Waals surface area contributed by atoms with Crippen molar-refractivity contribution in [2.45, 2.75) is 32.0 Å². The summed E-state index contributed by atoms with van der Waals surface area (Å²) in [5, 5.41) is 11.1. The van der Waals surface area contributed by atoms with E-state index in [1.54, 1.807) is 6.92 Å². The molecule has 1 aliphatic heterocycles. The van der Waals surface area contributed by atoms with Crippen molar-refractivity contribution in [2.24, 2.45) is 0 Å². The van der Waals surface area contributed by atoms with Crippen LogP contribution in [0.15, 0.2) is 54.6 Å². The molecule has 0 spiro atoms.